The second-order valence-corrected chi connectivity index (χ2v) is 5.68. The van der Waals surface area contributed by atoms with E-state index in [2.05, 4.69) is 20.2 Å². The first-order valence-electron chi connectivity index (χ1n) is 8.03. The molecule has 6 nitrogen and oxygen atoms in total. The van der Waals surface area contributed by atoms with Gasteiger partial charge in [0.1, 0.15) is 5.75 Å². The molecule has 0 fully saturated rings. The summed E-state index contributed by atoms with van der Waals surface area (Å²) in [5, 5.41) is 5.22. The van der Waals surface area contributed by atoms with Crippen molar-refractivity contribution < 1.29 is 14.3 Å². The third-order valence-electron chi connectivity index (χ3n) is 3.87. The maximum Gasteiger partial charge on any atom is 0.337 e. The Morgan fingerprint density at radius 2 is 1.88 bits per heavy atom. The van der Waals surface area contributed by atoms with Crippen LogP contribution in [0.15, 0.2) is 53.6 Å². The van der Waals surface area contributed by atoms with Crippen LogP contribution >= 0.6 is 0 Å². The normalized spacial score (nSPS) is 10.9. The molecule has 1 aromatic heterocycles. The van der Waals surface area contributed by atoms with Gasteiger partial charge in [0.15, 0.2) is 0 Å². The number of pyridine rings is 1. The molecule has 0 spiro atoms. The van der Waals surface area contributed by atoms with Crippen molar-refractivity contribution in [3.05, 3.63) is 65.4 Å². The van der Waals surface area contributed by atoms with Crippen LogP contribution < -0.4 is 10.2 Å². The van der Waals surface area contributed by atoms with Crippen LogP contribution in [-0.2, 0) is 4.74 Å². The highest BCUT2D eigenvalue weighted by molar-refractivity contribution is 5.93. The fraction of sp³-hybridized carbons (Fsp3) is 0.150. The van der Waals surface area contributed by atoms with Gasteiger partial charge in [-0.1, -0.05) is 12.1 Å². The summed E-state index contributed by atoms with van der Waals surface area (Å²) in [5.74, 6) is 0.396. The number of carbonyl (C=O) groups is 1. The van der Waals surface area contributed by atoms with E-state index in [-0.39, 0.29) is 5.97 Å². The van der Waals surface area contributed by atoms with Crippen LogP contribution in [0.2, 0.25) is 0 Å². The Bertz CT molecular complexity index is 966. The van der Waals surface area contributed by atoms with Crippen molar-refractivity contribution >= 4 is 28.8 Å². The zero-order valence-corrected chi connectivity index (χ0v) is 14.8. The van der Waals surface area contributed by atoms with Gasteiger partial charge in [0.2, 0.25) is 0 Å². The Morgan fingerprint density at radius 3 is 2.58 bits per heavy atom. The second-order valence-electron chi connectivity index (χ2n) is 5.68. The molecule has 0 saturated heterocycles. The molecule has 0 aliphatic heterocycles. The lowest BCUT2D eigenvalue weighted by Crippen LogP contribution is -2.01. The van der Waals surface area contributed by atoms with Crippen LogP contribution in [0.25, 0.3) is 10.9 Å². The Labute approximate surface area is 151 Å². The number of anilines is 1. The SMILES string of the molecule is COC(=O)c1ccc(/C=N/Nc2cc(C)nc3ccc(OC)cc23)cc1. The summed E-state index contributed by atoms with van der Waals surface area (Å²) in [4.78, 5) is 16.0. The average Bonchev–Trinajstić information content (AvgIpc) is 2.67. The predicted octanol–water partition coefficient (Wildman–Crippen LogP) is 3.78. The summed E-state index contributed by atoms with van der Waals surface area (Å²) in [6, 6.07) is 14.7. The van der Waals surface area contributed by atoms with Gasteiger partial charge in [0.05, 0.1) is 37.2 Å². The number of benzene rings is 2. The lowest BCUT2D eigenvalue weighted by Gasteiger charge is -2.09. The fourth-order valence-electron chi connectivity index (χ4n) is 2.56. The van der Waals surface area contributed by atoms with Gasteiger partial charge in [-0.05, 0) is 48.9 Å². The summed E-state index contributed by atoms with van der Waals surface area (Å²) in [7, 11) is 2.99. The van der Waals surface area contributed by atoms with Crippen molar-refractivity contribution in [1.82, 2.24) is 4.98 Å². The topological polar surface area (TPSA) is 72.8 Å². The van der Waals surface area contributed by atoms with Crippen molar-refractivity contribution in [2.45, 2.75) is 6.92 Å². The molecule has 0 saturated carbocycles. The second kappa shape index (κ2) is 7.65. The molecule has 0 amide bonds. The van der Waals surface area contributed by atoms with E-state index >= 15 is 0 Å². The first-order chi connectivity index (χ1) is 12.6. The Balaban J connectivity index is 1.82. The zero-order chi connectivity index (χ0) is 18.5. The minimum Gasteiger partial charge on any atom is -0.497 e. The van der Waals surface area contributed by atoms with Crippen molar-refractivity contribution in [2.24, 2.45) is 5.10 Å². The molecular weight excluding hydrogens is 330 g/mol. The van der Waals surface area contributed by atoms with E-state index < -0.39 is 0 Å². The van der Waals surface area contributed by atoms with E-state index in [9.17, 15) is 4.79 Å². The van der Waals surface area contributed by atoms with Gasteiger partial charge in [-0.25, -0.2) is 4.79 Å². The summed E-state index contributed by atoms with van der Waals surface area (Å²) in [6.45, 7) is 1.93. The van der Waals surface area contributed by atoms with Crippen molar-refractivity contribution in [2.75, 3.05) is 19.6 Å². The fourth-order valence-corrected chi connectivity index (χ4v) is 2.56. The molecule has 1 heterocycles. The minimum atomic E-state index is -0.362. The molecule has 0 aliphatic rings. The number of ether oxygens (including phenoxy) is 2. The molecule has 3 rings (SSSR count). The number of methoxy groups -OCH3 is 2. The van der Waals surface area contributed by atoms with E-state index in [1.807, 2.05) is 31.2 Å². The van der Waals surface area contributed by atoms with E-state index in [4.69, 9.17) is 4.74 Å². The smallest absolute Gasteiger partial charge is 0.337 e. The highest BCUT2D eigenvalue weighted by Gasteiger charge is 2.06. The summed E-state index contributed by atoms with van der Waals surface area (Å²) >= 11 is 0. The van der Waals surface area contributed by atoms with Crippen LogP contribution in [-0.4, -0.2) is 31.4 Å². The minimum absolute atomic E-state index is 0.362. The monoisotopic (exact) mass is 349 g/mol. The van der Waals surface area contributed by atoms with Gasteiger partial charge in [-0.3, -0.25) is 10.4 Å². The molecule has 0 radical (unpaired) electrons. The lowest BCUT2D eigenvalue weighted by atomic mass is 10.1. The molecule has 3 aromatic rings. The van der Waals surface area contributed by atoms with Crippen LogP contribution in [0.3, 0.4) is 0 Å². The van der Waals surface area contributed by atoms with Crippen LogP contribution in [0.5, 0.6) is 5.75 Å². The standard InChI is InChI=1S/C20H19N3O3/c1-13-10-19(17-11-16(25-2)8-9-18(17)22-13)23-21-12-14-4-6-15(7-5-14)20(24)26-3/h4-12H,1-3H3,(H,22,23)/b21-12+. The van der Waals surface area contributed by atoms with E-state index in [1.54, 1.807) is 37.6 Å². The van der Waals surface area contributed by atoms with Crippen LogP contribution in [0.1, 0.15) is 21.6 Å². The third-order valence-corrected chi connectivity index (χ3v) is 3.87. The number of rotatable bonds is 5. The largest absolute Gasteiger partial charge is 0.497 e. The Morgan fingerprint density at radius 1 is 1.12 bits per heavy atom. The van der Waals surface area contributed by atoms with E-state index in [0.717, 1.165) is 33.6 Å². The number of hydrazone groups is 1. The van der Waals surface area contributed by atoms with Crippen molar-refractivity contribution in [3.8, 4) is 5.75 Å². The van der Waals surface area contributed by atoms with Crippen molar-refractivity contribution in [1.29, 1.82) is 0 Å². The van der Waals surface area contributed by atoms with Crippen LogP contribution in [0, 0.1) is 6.92 Å². The Hall–Kier alpha value is -3.41. The third kappa shape index (κ3) is 3.80. The van der Waals surface area contributed by atoms with Gasteiger partial charge in [0.25, 0.3) is 0 Å². The molecule has 26 heavy (non-hydrogen) atoms. The number of nitrogens with one attached hydrogen (secondary N) is 1. The molecule has 0 aliphatic carbocycles. The number of nitrogens with zero attached hydrogens (tertiary/aromatic N) is 2. The van der Waals surface area contributed by atoms with Gasteiger partial charge in [0, 0.05) is 11.1 Å². The summed E-state index contributed by atoms with van der Waals surface area (Å²) in [5.41, 5.74) is 7.02. The predicted molar refractivity (Wildman–Crippen MR) is 102 cm³/mol. The van der Waals surface area contributed by atoms with Gasteiger partial charge in [-0.2, -0.15) is 5.10 Å². The van der Waals surface area contributed by atoms with E-state index in [1.165, 1.54) is 7.11 Å². The van der Waals surface area contributed by atoms with Crippen LogP contribution in [0.4, 0.5) is 5.69 Å². The number of carbonyl (C=O) groups excluding carboxylic acids is 1. The molecular formula is C20H19N3O3. The van der Waals surface area contributed by atoms with E-state index in [0.29, 0.717) is 5.56 Å². The van der Waals surface area contributed by atoms with Gasteiger partial charge in [-0.15, -0.1) is 0 Å². The number of aromatic nitrogens is 1. The van der Waals surface area contributed by atoms with Gasteiger partial charge >= 0.3 is 5.97 Å². The maximum atomic E-state index is 11.4. The Kier molecular flexibility index (Phi) is 5.12. The van der Waals surface area contributed by atoms with Crippen molar-refractivity contribution in [3.63, 3.8) is 0 Å². The number of fused-ring (bicyclic) bond motifs is 1. The average molecular weight is 349 g/mol. The zero-order valence-electron chi connectivity index (χ0n) is 14.8. The first kappa shape index (κ1) is 17.4. The number of hydrogen-bond acceptors (Lipinski definition) is 6. The molecule has 0 atom stereocenters. The highest BCUT2D eigenvalue weighted by Crippen LogP contribution is 2.27. The quantitative estimate of drug-likeness (QED) is 0.431. The molecule has 0 unspecified atom stereocenters. The molecule has 2 aromatic carbocycles. The summed E-state index contributed by atoms with van der Waals surface area (Å²) < 4.78 is 9.97. The first-order valence-corrected chi connectivity index (χ1v) is 8.03. The molecule has 132 valence electrons. The number of hydrogen-bond donors (Lipinski definition) is 1. The maximum absolute atomic E-state index is 11.4. The molecule has 1 N–H and O–H groups in total. The lowest BCUT2D eigenvalue weighted by molar-refractivity contribution is 0.0600. The number of aryl methyl sites for hydroxylation is 1. The number of esters is 1. The summed E-state index contributed by atoms with van der Waals surface area (Å²) in [6.07, 6.45) is 1.68. The highest BCUT2D eigenvalue weighted by atomic mass is 16.5. The molecule has 0 bridgehead atoms. The van der Waals surface area contributed by atoms with Gasteiger partial charge < -0.3 is 9.47 Å². The molecule has 6 heteroatoms.